The number of pyridine rings is 1. The van der Waals surface area contributed by atoms with Crippen LogP contribution in [0.2, 0.25) is 0 Å². The summed E-state index contributed by atoms with van der Waals surface area (Å²) in [7, 11) is 1.75. The standard InChI is InChI=1S/C14H15N3O3/c1-8-6-12(17(2)16-8)20-13-10(14(18)19)7-9-4-3-5-11(9)15-13/h6-7H,3-5H2,1-2H3,(H,18,19). The Morgan fingerprint density at radius 3 is 2.85 bits per heavy atom. The largest absolute Gasteiger partial charge is 0.477 e. The van der Waals surface area contributed by atoms with Crippen molar-refractivity contribution in [3.05, 3.63) is 34.6 Å². The number of aryl methyl sites for hydroxylation is 4. The Morgan fingerprint density at radius 2 is 2.20 bits per heavy atom. The van der Waals surface area contributed by atoms with E-state index in [1.807, 2.05) is 6.92 Å². The molecule has 6 nitrogen and oxygen atoms in total. The van der Waals surface area contributed by atoms with E-state index < -0.39 is 5.97 Å². The van der Waals surface area contributed by atoms with Crippen molar-refractivity contribution >= 4 is 5.97 Å². The Bertz CT molecular complexity index is 691. The van der Waals surface area contributed by atoms with Crippen molar-refractivity contribution in [1.82, 2.24) is 14.8 Å². The fourth-order valence-corrected chi connectivity index (χ4v) is 2.47. The zero-order valence-electron chi connectivity index (χ0n) is 11.4. The van der Waals surface area contributed by atoms with E-state index in [0.29, 0.717) is 5.88 Å². The fourth-order valence-electron chi connectivity index (χ4n) is 2.47. The number of carboxylic acid groups (broad SMARTS) is 1. The number of fused-ring (bicyclic) bond motifs is 1. The van der Waals surface area contributed by atoms with Gasteiger partial charge in [0.1, 0.15) is 5.56 Å². The van der Waals surface area contributed by atoms with Crippen molar-refractivity contribution < 1.29 is 14.6 Å². The van der Waals surface area contributed by atoms with Crippen molar-refractivity contribution in [1.29, 1.82) is 0 Å². The molecular formula is C14H15N3O3. The number of rotatable bonds is 3. The SMILES string of the molecule is Cc1cc(Oc2nc3c(cc2C(=O)O)CCC3)n(C)n1. The summed E-state index contributed by atoms with van der Waals surface area (Å²) in [6.45, 7) is 1.85. The third-order valence-corrected chi connectivity index (χ3v) is 3.41. The van der Waals surface area contributed by atoms with Gasteiger partial charge in [-0.1, -0.05) is 0 Å². The first-order chi connectivity index (χ1) is 9.54. The fraction of sp³-hybridized carbons (Fsp3) is 0.357. The summed E-state index contributed by atoms with van der Waals surface area (Å²) >= 11 is 0. The van der Waals surface area contributed by atoms with Crippen LogP contribution in [0.5, 0.6) is 11.8 Å². The summed E-state index contributed by atoms with van der Waals surface area (Å²) in [6, 6.07) is 3.43. The van der Waals surface area contributed by atoms with Crippen LogP contribution in [0.4, 0.5) is 0 Å². The first-order valence-corrected chi connectivity index (χ1v) is 6.49. The molecule has 0 amide bonds. The van der Waals surface area contributed by atoms with Crippen molar-refractivity contribution in [2.24, 2.45) is 7.05 Å². The van der Waals surface area contributed by atoms with Crippen molar-refractivity contribution in [3.63, 3.8) is 0 Å². The van der Waals surface area contributed by atoms with Gasteiger partial charge < -0.3 is 9.84 Å². The predicted octanol–water partition coefficient (Wildman–Crippen LogP) is 2.10. The highest BCUT2D eigenvalue weighted by molar-refractivity contribution is 5.90. The minimum Gasteiger partial charge on any atom is -0.477 e. The van der Waals surface area contributed by atoms with Crippen LogP contribution in [0.25, 0.3) is 0 Å². The van der Waals surface area contributed by atoms with Gasteiger partial charge in [-0.25, -0.2) is 14.5 Å². The molecule has 0 aliphatic heterocycles. The molecule has 104 valence electrons. The first kappa shape index (κ1) is 12.7. The number of carbonyl (C=O) groups is 1. The van der Waals surface area contributed by atoms with Gasteiger partial charge in [0, 0.05) is 18.8 Å². The molecule has 2 aromatic heterocycles. The third-order valence-electron chi connectivity index (χ3n) is 3.41. The molecule has 0 spiro atoms. The smallest absolute Gasteiger partial charge is 0.341 e. The van der Waals surface area contributed by atoms with Crippen LogP contribution in [0.3, 0.4) is 0 Å². The average molecular weight is 273 g/mol. The van der Waals surface area contributed by atoms with E-state index in [0.717, 1.165) is 36.2 Å². The minimum atomic E-state index is -1.03. The summed E-state index contributed by atoms with van der Waals surface area (Å²) in [6.07, 6.45) is 2.76. The van der Waals surface area contributed by atoms with Gasteiger partial charge in [0.05, 0.1) is 5.69 Å². The molecule has 2 heterocycles. The molecule has 0 fully saturated rings. The van der Waals surface area contributed by atoms with Gasteiger partial charge in [-0.15, -0.1) is 0 Å². The molecule has 0 aromatic carbocycles. The quantitative estimate of drug-likeness (QED) is 0.926. The van der Waals surface area contributed by atoms with Crippen LogP contribution in [-0.4, -0.2) is 25.8 Å². The summed E-state index contributed by atoms with van der Waals surface area (Å²) in [5.74, 6) is -0.405. The Balaban J connectivity index is 2.04. The number of nitrogens with zero attached hydrogens (tertiary/aromatic N) is 3. The lowest BCUT2D eigenvalue weighted by atomic mass is 10.1. The number of hydrogen-bond acceptors (Lipinski definition) is 4. The Kier molecular flexibility index (Phi) is 2.93. The Morgan fingerprint density at radius 1 is 1.40 bits per heavy atom. The molecule has 0 saturated heterocycles. The van der Waals surface area contributed by atoms with E-state index in [-0.39, 0.29) is 11.4 Å². The van der Waals surface area contributed by atoms with E-state index in [1.54, 1.807) is 23.9 Å². The summed E-state index contributed by atoms with van der Waals surface area (Å²) < 4.78 is 7.22. The molecular weight excluding hydrogens is 258 g/mol. The van der Waals surface area contributed by atoms with Gasteiger partial charge in [0.25, 0.3) is 0 Å². The van der Waals surface area contributed by atoms with E-state index in [1.165, 1.54) is 0 Å². The molecule has 20 heavy (non-hydrogen) atoms. The van der Waals surface area contributed by atoms with Crippen molar-refractivity contribution in [3.8, 4) is 11.8 Å². The van der Waals surface area contributed by atoms with Crippen LogP contribution in [0, 0.1) is 6.92 Å². The number of aromatic nitrogens is 3. The molecule has 1 aliphatic carbocycles. The van der Waals surface area contributed by atoms with Crippen molar-refractivity contribution in [2.75, 3.05) is 0 Å². The number of hydrogen-bond donors (Lipinski definition) is 1. The maximum atomic E-state index is 11.4. The van der Waals surface area contributed by atoms with Gasteiger partial charge in [-0.05, 0) is 37.8 Å². The van der Waals surface area contributed by atoms with Crippen LogP contribution in [0.15, 0.2) is 12.1 Å². The Hall–Kier alpha value is -2.37. The van der Waals surface area contributed by atoms with Gasteiger partial charge in [0.2, 0.25) is 11.8 Å². The summed E-state index contributed by atoms with van der Waals surface area (Å²) in [5.41, 5.74) is 2.85. The number of aromatic carboxylic acids is 1. The van der Waals surface area contributed by atoms with E-state index in [9.17, 15) is 9.90 Å². The summed E-state index contributed by atoms with van der Waals surface area (Å²) in [4.78, 5) is 15.7. The van der Waals surface area contributed by atoms with Gasteiger partial charge in [-0.3, -0.25) is 0 Å². The second kappa shape index (κ2) is 4.63. The van der Waals surface area contributed by atoms with Crippen LogP contribution >= 0.6 is 0 Å². The highest BCUT2D eigenvalue weighted by Gasteiger charge is 2.22. The molecule has 0 saturated carbocycles. The third kappa shape index (κ3) is 2.13. The van der Waals surface area contributed by atoms with Crippen LogP contribution in [-0.2, 0) is 19.9 Å². The molecule has 1 N–H and O–H groups in total. The molecule has 1 aliphatic rings. The maximum Gasteiger partial charge on any atom is 0.341 e. The molecule has 3 rings (SSSR count). The second-order valence-corrected chi connectivity index (χ2v) is 4.96. The lowest BCUT2D eigenvalue weighted by Gasteiger charge is -2.09. The monoisotopic (exact) mass is 273 g/mol. The molecule has 6 heteroatoms. The first-order valence-electron chi connectivity index (χ1n) is 6.49. The Labute approximate surface area is 116 Å². The molecule has 0 unspecified atom stereocenters. The van der Waals surface area contributed by atoms with E-state index in [2.05, 4.69) is 10.1 Å². The lowest BCUT2D eigenvalue weighted by Crippen LogP contribution is -2.06. The highest BCUT2D eigenvalue weighted by Crippen LogP contribution is 2.29. The normalized spacial score (nSPS) is 13.3. The average Bonchev–Trinajstić information content (AvgIpc) is 2.94. The molecule has 0 bridgehead atoms. The predicted molar refractivity (Wildman–Crippen MR) is 71.2 cm³/mol. The lowest BCUT2D eigenvalue weighted by molar-refractivity contribution is 0.0693. The minimum absolute atomic E-state index is 0.101. The van der Waals surface area contributed by atoms with E-state index >= 15 is 0 Å². The van der Waals surface area contributed by atoms with Crippen molar-refractivity contribution in [2.45, 2.75) is 26.2 Å². The maximum absolute atomic E-state index is 11.4. The molecule has 0 atom stereocenters. The number of carboxylic acids is 1. The van der Waals surface area contributed by atoms with Crippen LogP contribution < -0.4 is 4.74 Å². The molecule has 0 radical (unpaired) electrons. The number of ether oxygens (including phenoxy) is 1. The van der Waals surface area contributed by atoms with Crippen LogP contribution in [0.1, 0.15) is 33.7 Å². The zero-order valence-corrected chi connectivity index (χ0v) is 11.4. The highest BCUT2D eigenvalue weighted by atomic mass is 16.5. The summed E-state index contributed by atoms with van der Waals surface area (Å²) in [5, 5.41) is 13.5. The van der Waals surface area contributed by atoms with Gasteiger partial charge in [-0.2, -0.15) is 5.10 Å². The second-order valence-electron chi connectivity index (χ2n) is 4.96. The van der Waals surface area contributed by atoms with Gasteiger partial charge >= 0.3 is 5.97 Å². The molecule has 2 aromatic rings. The topological polar surface area (TPSA) is 77.2 Å². The zero-order chi connectivity index (χ0) is 14.3. The van der Waals surface area contributed by atoms with Gasteiger partial charge in [0.15, 0.2) is 0 Å². The van der Waals surface area contributed by atoms with E-state index in [4.69, 9.17) is 4.74 Å².